The van der Waals surface area contributed by atoms with Gasteiger partial charge in [0.1, 0.15) is 5.76 Å². The average Bonchev–Trinajstić information content (AvgIpc) is 3.12. The van der Waals surface area contributed by atoms with Gasteiger partial charge < -0.3 is 15.1 Å². The molecule has 0 saturated heterocycles. The topological polar surface area (TPSA) is 52.8 Å². The van der Waals surface area contributed by atoms with Crippen LogP contribution in [0.1, 0.15) is 37.7 Å². The number of guanidine groups is 1. The number of hydrogen-bond acceptors (Lipinski definition) is 3. The van der Waals surface area contributed by atoms with E-state index in [-0.39, 0.29) is 24.0 Å². The number of furan rings is 1. The van der Waals surface area contributed by atoms with Gasteiger partial charge in [0.15, 0.2) is 5.96 Å². The van der Waals surface area contributed by atoms with Crippen LogP contribution in [0.4, 0.5) is 0 Å². The number of nitrogens with zero attached hydrogens (tertiary/aromatic N) is 2. The first-order valence-electron chi connectivity index (χ1n) is 9.24. The molecule has 5 nitrogen and oxygen atoms in total. The lowest BCUT2D eigenvalue weighted by molar-refractivity contribution is 0.287. The van der Waals surface area contributed by atoms with Crippen molar-refractivity contribution in [1.29, 1.82) is 0 Å². The molecule has 1 aromatic carbocycles. The lowest BCUT2D eigenvalue weighted by atomic mass is 10.1. The monoisotopic (exact) mass is 484 g/mol. The van der Waals surface area contributed by atoms with Crippen molar-refractivity contribution < 1.29 is 4.42 Å². The van der Waals surface area contributed by atoms with E-state index >= 15 is 0 Å². The normalized spacial score (nSPS) is 12.8. The maximum Gasteiger partial charge on any atom is 0.191 e. The molecule has 0 amide bonds. The molecule has 1 atom stereocenters. The van der Waals surface area contributed by atoms with E-state index in [9.17, 15) is 0 Å². The third-order valence-corrected chi connectivity index (χ3v) is 4.60. The van der Waals surface area contributed by atoms with E-state index in [1.165, 1.54) is 11.1 Å². The molecule has 0 aliphatic heterocycles. The minimum atomic E-state index is 0. The highest BCUT2D eigenvalue weighted by Crippen LogP contribution is 2.13. The lowest BCUT2D eigenvalue weighted by Crippen LogP contribution is -2.44. The van der Waals surface area contributed by atoms with E-state index in [1.54, 1.807) is 6.26 Å². The van der Waals surface area contributed by atoms with Crippen LogP contribution >= 0.6 is 24.0 Å². The molecule has 6 heteroatoms. The molecule has 0 aliphatic carbocycles. The van der Waals surface area contributed by atoms with Crippen molar-refractivity contribution >= 4 is 29.9 Å². The van der Waals surface area contributed by atoms with Crippen molar-refractivity contribution in [2.75, 3.05) is 14.1 Å². The number of aliphatic imine (C=N–C) groups is 1. The first kappa shape index (κ1) is 23.5. The first-order valence-corrected chi connectivity index (χ1v) is 9.24. The highest BCUT2D eigenvalue weighted by atomic mass is 127. The van der Waals surface area contributed by atoms with Gasteiger partial charge in [0, 0.05) is 26.2 Å². The summed E-state index contributed by atoms with van der Waals surface area (Å²) in [5.41, 5.74) is 2.58. The summed E-state index contributed by atoms with van der Waals surface area (Å²) in [5.74, 6) is 2.37. The summed E-state index contributed by atoms with van der Waals surface area (Å²) in [7, 11) is 3.92. The maximum atomic E-state index is 5.44. The largest absolute Gasteiger partial charge is 0.468 e. The molecule has 0 saturated carbocycles. The van der Waals surface area contributed by atoms with Crippen LogP contribution in [0.25, 0.3) is 0 Å². The van der Waals surface area contributed by atoms with Crippen LogP contribution in [0.5, 0.6) is 0 Å². The molecule has 0 aliphatic rings. The fourth-order valence-corrected chi connectivity index (χ4v) is 2.66. The van der Waals surface area contributed by atoms with Crippen molar-refractivity contribution in [3.05, 3.63) is 59.5 Å². The zero-order valence-electron chi connectivity index (χ0n) is 17.0. The Morgan fingerprint density at radius 3 is 2.37 bits per heavy atom. The fourth-order valence-electron chi connectivity index (χ4n) is 2.66. The second-order valence-electron chi connectivity index (χ2n) is 7.12. The van der Waals surface area contributed by atoms with Gasteiger partial charge in [-0.2, -0.15) is 0 Å². The number of rotatable bonds is 8. The van der Waals surface area contributed by atoms with Crippen molar-refractivity contribution in [1.82, 2.24) is 15.5 Å². The van der Waals surface area contributed by atoms with Crippen molar-refractivity contribution in [3.8, 4) is 0 Å². The van der Waals surface area contributed by atoms with Gasteiger partial charge in [0.05, 0.1) is 12.8 Å². The van der Waals surface area contributed by atoms with Crippen LogP contribution in [-0.2, 0) is 19.6 Å². The third-order valence-electron chi connectivity index (χ3n) is 4.60. The standard InChI is InChI=1S/C21H32N4O.HI/c1-16(2)17(3)24-21(22-4)23-13-18-9-6-7-10-19(18)14-25(5)15-20-11-8-12-26-20;/h6-12,16-17H,13-15H2,1-5H3,(H2,22,23,24);1H. The highest BCUT2D eigenvalue weighted by Gasteiger charge is 2.11. The number of benzene rings is 1. The predicted octanol–water partition coefficient (Wildman–Crippen LogP) is 4.24. The van der Waals surface area contributed by atoms with Crippen LogP contribution in [0.15, 0.2) is 52.1 Å². The molecule has 0 bridgehead atoms. The third kappa shape index (κ3) is 7.92. The van der Waals surface area contributed by atoms with Gasteiger partial charge in [0.25, 0.3) is 0 Å². The molecular weight excluding hydrogens is 451 g/mol. The predicted molar refractivity (Wildman–Crippen MR) is 123 cm³/mol. The molecule has 150 valence electrons. The summed E-state index contributed by atoms with van der Waals surface area (Å²) in [6.07, 6.45) is 1.72. The number of hydrogen-bond donors (Lipinski definition) is 2. The van der Waals surface area contributed by atoms with Crippen molar-refractivity contribution in [2.45, 2.75) is 46.4 Å². The van der Waals surface area contributed by atoms with Crippen molar-refractivity contribution in [3.63, 3.8) is 0 Å². The molecule has 0 spiro atoms. The molecule has 2 rings (SSSR count). The molecule has 1 unspecified atom stereocenters. The van der Waals surface area contributed by atoms with Gasteiger partial charge in [-0.1, -0.05) is 38.1 Å². The Morgan fingerprint density at radius 2 is 1.78 bits per heavy atom. The minimum Gasteiger partial charge on any atom is -0.468 e. The molecule has 1 aromatic heterocycles. The van der Waals surface area contributed by atoms with E-state index in [0.29, 0.717) is 12.0 Å². The number of halogens is 1. The van der Waals surface area contributed by atoms with Crippen LogP contribution in [0.3, 0.4) is 0 Å². The van der Waals surface area contributed by atoms with Crippen LogP contribution in [-0.4, -0.2) is 31.0 Å². The summed E-state index contributed by atoms with van der Waals surface area (Å²) in [4.78, 5) is 6.59. The average molecular weight is 484 g/mol. The van der Waals surface area contributed by atoms with Gasteiger partial charge in [-0.3, -0.25) is 9.89 Å². The van der Waals surface area contributed by atoms with Crippen LogP contribution in [0.2, 0.25) is 0 Å². The van der Waals surface area contributed by atoms with Gasteiger partial charge >= 0.3 is 0 Å². The van der Waals surface area contributed by atoms with E-state index < -0.39 is 0 Å². The quantitative estimate of drug-likeness (QED) is 0.335. The maximum absolute atomic E-state index is 5.44. The molecule has 2 N–H and O–H groups in total. The SMILES string of the molecule is CN=C(NCc1ccccc1CN(C)Cc1ccco1)NC(C)C(C)C.I. The smallest absolute Gasteiger partial charge is 0.191 e. The van der Waals surface area contributed by atoms with E-state index in [1.807, 2.05) is 19.2 Å². The van der Waals surface area contributed by atoms with Crippen LogP contribution in [0, 0.1) is 5.92 Å². The first-order chi connectivity index (χ1) is 12.5. The van der Waals surface area contributed by atoms with E-state index in [0.717, 1.165) is 31.4 Å². The zero-order valence-corrected chi connectivity index (χ0v) is 19.4. The Kier molecular flexibility index (Phi) is 10.5. The molecule has 27 heavy (non-hydrogen) atoms. The van der Waals surface area contributed by atoms with Gasteiger partial charge in [-0.05, 0) is 43.1 Å². The molecule has 1 heterocycles. The van der Waals surface area contributed by atoms with Gasteiger partial charge in [-0.15, -0.1) is 24.0 Å². The second-order valence-corrected chi connectivity index (χ2v) is 7.12. The summed E-state index contributed by atoms with van der Waals surface area (Å²) < 4.78 is 5.44. The Hall–Kier alpha value is -1.54. The minimum absolute atomic E-state index is 0. The van der Waals surface area contributed by atoms with E-state index in [2.05, 4.69) is 72.6 Å². The summed E-state index contributed by atoms with van der Waals surface area (Å²) >= 11 is 0. The fraction of sp³-hybridized carbons (Fsp3) is 0.476. The molecule has 2 aromatic rings. The van der Waals surface area contributed by atoms with Crippen LogP contribution < -0.4 is 10.6 Å². The van der Waals surface area contributed by atoms with Gasteiger partial charge in [0.2, 0.25) is 0 Å². The summed E-state index contributed by atoms with van der Waals surface area (Å²) in [6.45, 7) is 8.99. The summed E-state index contributed by atoms with van der Waals surface area (Å²) in [5, 5.41) is 6.87. The molecular formula is C21H33IN4O. The Bertz CT molecular complexity index is 685. The van der Waals surface area contributed by atoms with Crippen molar-refractivity contribution in [2.24, 2.45) is 10.9 Å². The number of nitrogens with one attached hydrogen (secondary N) is 2. The second kappa shape index (κ2) is 12.0. The Morgan fingerprint density at radius 1 is 1.07 bits per heavy atom. The highest BCUT2D eigenvalue weighted by molar-refractivity contribution is 14.0. The van der Waals surface area contributed by atoms with Gasteiger partial charge in [-0.25, -0.2) is 0 Å². The Labute approximate surface area is 180 Å². The summed E-state index contributed by atoms with van der Waals surface area (Å²) in [6, 6.07) is 12.8. The lowest BCUT2D eigenvalue weighted by Gasteiger charge is -2.22. The Balaban J connectivity index is 0.00000364. The zero-order chi connectivity index (χ0) is 18.9. The molecule has 0 fully saturated rings. The molecule has 0 radical (unpaired) electrons. The van der Waals surface area contributed by atoms with E-state index in [4.69, 9.17) is 4.42 Å².